The van der Waals surface area contributed by atoms with Gasteiger partial charge in [0, 0.05) is 54.3 Å². The van der Waals surface area contributed by atoms with E-state index in [4.69, 9.17) is 27.9 Å². The minimum atomic E-state index is -1.00. The molecule has 3 heterocycles. The highest BCUT2D eigenvalue weighted by Crippen LogP contribution is 2.57. The van der Waals surface area contributed by atoms with Crippen molar-refractivity contribution < 1.29 is 14.3 Å². The summed E-state index contributed by atoms with van der Waals surface area (Å²) in [6, 6.07) is 12.8. The first kappa shape index (κ1) is 27.2. The largest absolute Gasteiger partial charge is 0.379 e. The van der Waals surface area contributed by atoms with Crippen molar-refractivity contribution in [3.8, 4) is 0 Å². The summed E-state index contributed by atoms with van der Waals surface area (Å²) >= 11 is 12.8. The molecular weight excluding hydrogens is 521 g/mol. The molecule has 5 rings (SSSR count). The average molecular weight is 557 g/mol. The smallest absolute Gasteiger partial charge is 0.238 e. The molecule has 0 aromatic heterocycles. The maximum atomic E-state index is 14.3. The lowest BCUT2D eigenvalue weighted by atomic mass is 9.58. The zero-order valence-electron chi connectivity index (χ0n) is 22.0. The van der Waals surface area contributed by atoms with E-state index in [9.17, 15) is 9.59 Å². The van der Waals surface area contributed by atoms with Crippen LogP contribution in [0.5, 0.6) is 0 Å². The predicted molar refractivity (Wildman–Crippen MR) is 152 cm³/mol. The molecule has 1 spiro atoms. The van der Waals surface area contributed by atoms with Crippen LogP contribution in [0.25, 0.3) is 0 Å². The van der Waals surface area contributed by atoms with Gasteiger partial charge >= 0.3 is 0 Å². The second-order valence-electron chi connectivity index (χ2n) is 10.3. The number of amides is 2. The molecule has 2 fully saturated rings. The number of hydrogen-bond acceptors (Lipinski definition) is 4. The lowest BCUT2D eigenvalue weighted by molar-refractivity contribution is -0.143. The van der Waals surface area contributed by atoms with Gasteiger partial charge in [0.15, 0.2) is 0 Å². The monoisotopic (exact) mass is 555 g/mol. The molecule has 3 aliphatic rings. The number of nitrogens with one attached hydrogen (secondary N) is 1. The highest BCUT2D eigenvalue weighted by atomic mass is 35.5. The number of morpholine rings is 1. The third-order valence-electron chi connectivity index (χ3n) is 8.40. The number of hydrogen-bond donors (Lipinski definition) is 1. The van der Waals surface area contributed by atoms with E-state index in [-0.39, 0.29) is 24.2 Å². The van der Waals surface area contributed by atoms with Gasteiger partial charge in [0.2, 0.25) is 11.8 Å². The lowest BCUT2D eigenvalue weighted by Gasteiger charge is -2.52. The van der Waals surface area contributed by atoms with E-state index >= 15 is 0 Å². The third-order valence-corrected chi connectivity index (χ3v) is 8.87. The van der Waals surface area contributed by atoms with Gasteiger partial charge in [-0.1, -0.05) is 60.0 Å². The molecule has 2 aromatic carbocycles. The van der Waals surface area contributed by atoms with Gasteiger partial charge in [-0.05, 0) is 55.2 Å². The zero-order valence-corrected chi connectivity index (χ0v) is 23.5. The van der Waals surface area contributed by atoms with Crippen molar-refractivity contribution in [2.45, 2.75) is 50.5 Å². The van der Waals surface area contributed by atoms with Crippen molar-refractivity contribution in [2.24, 2.45) is 0 Å². The van der Waals surface area contributed by atoms with Gasteiger partial charge in [0.25, 0.3) is 0 Å². The Morgan fingerprint density at radius 2 is 1.87 bits per heavy atom. The molecule has 0 unspecified atom stereocenters. The number of halogens is 2. The van der Waals surface area contributed by atoms with Crippen LogP contribution < -0.4 is 5.32 Å². The van der Waals surface area contributed by atoms with Crippen LogP contribution in [0.2, 0.25) is 10.0 Å². The summed E-state index contributed by atoms with van der Waals surface area (Å²) in [5.41, 5.74) is 2.58. The molecule has 0 radical (unpaired) electrons. The fourth-order valence-corrected chi connectivity index (χ4v) is 7.05. The summed E-state index contributed by atoms with van der Waals surface area (Å²) in [6.45, 7) is 8.87. The summed E-state index contributed by atoms with van der Waals surface area (Å²) in [7, 11) is 0. The maximum Gasteiger partial charge on any atom is 0.238 e. The quantitative estimate of drug-likeness (QED) is 0.448. The van der Waals surface area contributed by atoms with Gasteiger partial charge in [0.05, 0.1) is 19.3 Å². The third kappa shape index (κ3) is 4.77. The van der Waals surface area contributed by atoms with Crippen LogP contribution in [0.15, 0.2) is 54.1 Å². The summed E-state index contributed by atoms with van der Waals surface area (Å²) in [4.78, 5) is 32.7. The number of allylic oxidation sites excluding steroid dienone is 1. The molecule has 202 valence electrons. The number of carbonyl (C=O) groups excluding carboxylic acids is 2. The zero-order chi connectivity index (χ0) is 26.9. The highest BCUT2D eigenvalue weighted by Gasteiger charge is 2.63. The van der Waals surface area contributed by atoms with Crippen molar-refractivity contribution in [1.29, 1.82) is 0 Å². The Hall–Kier alpha value is -2.38. The molecule has 2 saturated heterocycles. The normalized spacial score (nSPS) is 26.1. The number of fused-ring (bicyclic) bond motifs is 2. The number of likely N-dealkylation sites (tertiary alicyclic amines) is 1. The van der Waals surface area contributed by atoms with Gasteiger partial charge < -0.3 is 15.0 Å². The van der Waals surface area contributed by atoms with E-state index < -0.39 is 11.5 Å². The first-order chi connectivity index (χ1) is 18.4. The van der Waals surface area contributed by atoms with Gasteiger partial charge in [-0.25, -0.2) is 0 Å². The SMILES string of the molecule is C/C=C(/CC)[C@@H]1N(CCCN2CCOCC2)C(=O)C[C@H](c2cccc(Cl)c2)[C@@]12C(=O)Nc1cc(Cl)ccc12. The molecule has 0 aliphatic carbocycles. The Kier molecular flexibility index (Phi) is 8.15. The Morgan fingerprint density at radius 1 is 1.11 bits per heavy atom. The molecule has 2 aromatic rings. The van der Waals surface area contributed by atoms with Gasteiger partial charge in [-0.2, -0.15) is 0 Å². The van der Waals surface area contributed by atoms with E-state index in [0.717, 1.165) is 62.4 Å². The number of nitrogens with zero attached hydrogens (tertiary/aromatic N) is 2. The molecular formula is C30H35Cl2N3O3. The lowest BCUT2D eigenvalue weighted by Crippen LogP contribution is -2.64. The number of anilines is 1. The summed E-state index contributed by atoms with van der Waals surface area (Å²) in [5.74, 6) is -0.406. The topological polar surface area (TPSA) is 61.9 Å². The van der Waals surface area contributed by atoms with E-state index in [2.05, 4.69) is 23.2 Å². The Labute approximate surface area is 234 Å². The minimum absolute atomic E-state index is 0.0654. The number of ether oxygens (including phenoxy) is 1. The maximum absolute atomic E-state index is 14.3. The van der Waals surface area contributed by atoms with Crippen molar-refractivity contribution in [3.05, 3.63) is 75.3 Å². The van der Waals surface area contributed by atoms with Crippen molar-refractivity contribution >= 4 is 40.7 Å². The Balaban J connectivity index is 1.63. The fourth-order valence-electron chi connectivity index (χ4n) is 6.67. The van der Waals surface area contributed by atoms with Crippen molar-refractivity contribution in [3.63, 3.8) is 0 Å². The molecule has 1 N–H and O–H groups in total. The number of rotatable bonds is 7. The van der Waals surface area contributed by atoms with Crippen LogP contribution in [-0.4, -0.2) is 67.0 Å². The summed E-state index contributed by atoms with van der Waals surface area (Å²) in [5, 5.41) is 4.30. The van der Waals surface area contributed by atoms with Gasteiger partial charge in [-0.3, -0.25) is 14.5 Å². The molecule has 8 heteroatoms. The molecule has 2 amide bonds. The van der Waals surface area contributed by atoms with E-state index in [1.54, 1.807) is 0 Å². The molecule has 38 heavy (non-hydrogen) atoms. The van der Waals surface area contributed by atoms with Crippen LogP contribution in [0.3, 0.4) is 0 Å². The van der Waals surface area contributed by atoms with E-state index in [0.29, 0.717) is 22.3 Å². The Bertz CT molecular complexity index is 1240. The molecule has 0 bridgehead atoms. The summed E-state index contributed by atoms with van der Waals surface area (Å²) < 4.78 is 5.49. The van der Waals surface area contributed by atoms with Crippen LogP contribution in [0.4, 0.5) is 5.69 Å². The van der Waals surface area contributed by atoms with E-state index in [1.807, 2.05) is 54.3 Å². The van der Waals surface area contributed by atoms with Crippen molar-refractivity contribution in [2.75, 3.05) is 44.7 Å². The van der Waals surface area contributed by atoms with Crippen LogP contribution in [-0.2, 0) is 19.7 Å². The number of carbonyl (C=O) groups is 2. The molecule has 3 aliphatic heterocycles. The standard InChI is InChI=1S/C30H35Cl2N3O3/c1-3-20(4-2)28-30(24-10-9-23(32)18-26(24)33-29(30)37)25(21-7-5-8-22(31)17-21)19-27(36)35(28)12-6-11-34-13-15-38-16-14-34/h3,5,7-10,17-18,25,28H,4,6,11-16,19H2,1-2H3,(H,33,37)/b20-3-/t25-,28+,30-/m1/s1. The van der Waals surface area contributed by atoms with Crippen LogP contribution in [0.1, 0.15) is 50.2 Å². The van der Waals surface area contributed by atoms with E-state index in [1.165, 1.54) is 0 Å². The molecule has 0 saturated carbocycles. The van der Waals surface area contributed by atoms with Gasteiger partial charge in [0.1, 0.15) is 5.41 Å². The first-order valence-corrected chi connectivity index (χ1v) is 14.3. The Morgan fingerprint density at radius 3 is 2.58 bits per heavy atom. The number of piperidine rings is 1. The highest BCUT2D eigenvalue weighted by molar-refractivity contribution is 6.31. The average Bonchev–Trinajstić information content (AvgIpc) is 3.19. The van der Waals surface area contributed by atoms with Crippen LogP contribution in [0, 0.1) is 0 Å². The second kappa shape index (κ2) is 11.4. The second-order valence-corrected chi connectivity index (χ2v) is 11.2. The molecule has 3 atom stereocenters. The molecule has 6 nitrogen and oxygen atoms in total. The minimum Gasteiger partial charge on any atom is -0.379 e. The summed E-state index contributed by atoms with van der Waals surface area (Å²) in [6.07, 6.45) is 3.87. The predicted octanol–water partition coefficient (Wildman–Crippen LogP) is 5.65. The number of benzene rings is 2. The fraction of sp³-hybridized carbons (Fsp3) is 0.467. The van der Waals surface area contributed by atoms with Gasteiger partial charge in [-0.15, -0.1) is 0 Å². The van der Waals surface area contributed by atoms with Crippen LogP contribution >= 0.6 is 23.2 Å². The van der Waals surface area contributed by atoms with Crippen molar-refractivity contribution in [1.82, 2.24) is 9.80 Å². The first-order valence-electron chi connectivity index (χ1n) is 13.5.